The van der Waals surface area contributed by atoms with Gasteiger partial charge in [0, 0.05) is 25.7 Å². The molecule has 1 aromatic rings. The molecule has 0 aliphatic carbocycles. The van der Waals surface area contributed by atoms with Crippen molar-refractivity contribution >= 4 is 17.6 Å². The van der Waals surface area contributed by atoms with Gasteiger partial charge in [0.25, 0.3) is 0 Å². The number of nitrogens with two attached hydrogens (primary N) is 1. The Hall–Kier alpha value is -1.52. The van der Waals surface area contributed by atoms with Gasteiger partial charge in [0.2, 0.25) is 5.95 Å². The van der Waals surface area contributed by atoms with E-state index in [2.05, 4.69) is 34.0 Å². The maximum Gasteiger partial charge on any atom is 0.223 e. The third-order valence-electron chi connectivity index (χ3n) is 3.53. The minimum Gasteiger partial charge on any atom is -0.370 e. The number of hydrogen-bond acceptors (Lipinski definition) is 5. The van der Waals surface area contributed by atoms with Crippen LogP contribution in [-0.4, -0.2) is 29.6 Å². The van der Waals surface area contributed by atoms with Gasteiger partial charge < -0.3 is 16.0 Å². The van der Waals surface area contributed by atoms with E-state index in [0.29, 0.717) is 11.4 Å². The van der Waals surface area contributed by atoms with E-state index in [1.54, 1.807) is 0 Å². The lowest BCUT2D eigenvalue weighted by molar-refractivity contribution is 0.279. The molecule has 0 saturated carbocycles. The van der Waals surface area contributed by atoms with E-state index in [9.17, 15) is 0 Å². The van der Waals surface area contributed by atoms with Crippen LogP contribution in [-0.2, 0) is 0 Å². The van der Waals surface area contributed by atoms with Crippen LogP contribution in [0.4, 0.5) is 17.6 Å². The highest BCUT2D eigenvalue weighted by Crippen LogP contribution is 2.32. The zero-order valence-corrected chi connectivity index (χ0v) is 11.5. The molecule has 1 aliphatic heterocycles. The first-order chi connectivity index (χ1) is 8.50. The summed E-state index contributed by atoms with van der Waals surface area (Å²) in [5, 5.41) is 3.19. The predicted octanol–water partition coefficient (Wildman–Crippen LogP) is 2.12. The number of aromatic nitrogens is 2. The van der Waals surface area contributed by atoms with Gasteiger partial charge in [0.1, 0.15) is 11.6 Å². The minimum absolute atomic E-state index is 0.341. The van der Waals surface area contributed by atoms with Gasteiger partial charge >= 0.3 is 0 Å². The molecule has 1 aliphatic rings. The Kier molecular flexibility index (Phi) is 3.59. The number of nitrogens with zero attached hydrogens (tertiary/aromatic N) is 3. The van der Waals surface area contributed by atoms with Crippen molar-refractivity contribution in [2.75, 3.05) is 35.6 Å². The summed E-state index contributed by atoms with van der Waals surface area (Å²) in [5.74, 6) is 2.09. The first-order valence-corrected chi connectivity index (χ1v) is 6.63. The molecule has 2 rings (SSSR count). The minimum atomic E-state index is 0.341. The fourth-order valence-electron chi connectivity index (χ4n) is 2.23. The van der Waals surface area contributed by atoms with E-state index < -0.39 is 0 Å². The van der Waals surface area contributed by atoms with Crippen LogP contribution in [0.15, 0.2) is 6.07 Å². The largest absolute Gasteiger partial charge is 0.370 e. The summed E-state index contributed by atoms with van der Waals surface area (Å²) in [4.78, 5) is 10.8. The highest BCUT2D eigenvalue weighted by atomic mass is 15.2. The van der Waals surface area contributed by atoms with Gasteiger partial charge in [0.05, 0.1) is 0 Å². The van der Waals surface area contributed by atoms with Crippen LogP contribution in [0, 0.1) is 5.41 Å². The van der Waals surface area contributed by atoms with Crippen molar-refractivity contribution in [1.82, 2.24) is 9.97 Å². The van der Waals surface area contributed by atoms with Crippen molar-refractivity contribution in [3.05, 3.63) is 6.07 Å². The van der Waals surface area contributed by atoms with Gasteiger partial charge in [-0.1, -0.05) is 13.8 Å². The monoisotopic (exact) mass is 249 g/mol. The lowest BCUT2D eigenvalue weighted by Gasteiger charge is -2.37. The Labute approximate surface area is 109 Å². The van der Waals surface area contributed by atoms with Crippen molar-refractivity contribution in [1.29, 1.82) is 0 Å². The molecule has 0 spiro atoms. The molecule has 0 radical (unpaired) electrons. The Morgan fingerprint density at radius 3 is 2.61 bits per heavy atom. The standard InChI is InChI=1S/C13H23N5/c1-4-15-10-9-11(17-12(14)16-10)18-7-5-13(2,3)6-8-18/h9H,4-8H2,1-3H3,(H3,14,15,16,17). The predicted molar refractivity (Wildman–Crippen MR) is 75.8 cm³/mol. The van der Waals surface area contributed by atoms with E-state index in [0.717, 1.165) is 31.3 Å². The van der Waals surface area contributed by atoms with Crippen LogP contribution >= 0.6 is 0 Å². The highest BCUT2D eigenvalue weighted by Gasteiger charge is 2.26. The van der Waals surface area contributed by atoms with Crippen LogP contribution in [0.3, 0.4) is 0 Å². The Bertz CT molecular complexity index is 406. The summed E-state index contributed by atoms with van der Waals surface area (Å²) in [5.41, 5.74) is 6.20. The summed E-state index contributed by atoms with van der Waals surface area (Å²) in [6, 6.07) is 1.98. The van der Waals surface area contributed by atoms with E-state index in [1.165, 1.54) is 12.8 Å². The second kappa shape index (κ2) is 5.00. The first-order valence-electron chi connectivity index (χ1n) is 6.63. The summed E-state index contributed by atoms with van der Waals surface area (Å²) in [7, 11) is 0. The van der Waals surface area contributed by atoms with Crippen LogP contribution < -0.4 is 16.0 Å². The first kappa shape index (κ1) is 12.9. The van der Waals surface area contributed by atoms with E-state index in [1.807, 2.05) is 13.0 Å². The molecule has 0 aromatic carbocycles. The Morgan fingerprint density at radius 2 is 2.00 bits per heavy atom. The Balaban J connectivity index is 2.13. The van der Waals surface area contributed by atoms with Crippen molar-refractivity contribution in [2.45, 2.75) is 33.6 Å². The lowest BCUT2D eigenvalue weighted by atomic mass is 9.83. The zero-order chi connectivity index (χ0) is 13.2. The van der Waals surface area contributed by atoms with Crippen molar-refractivity contribution in [3.8, 4) is 0 Å². The molecule has 0 bridgehead atoms. The average molecular weight is 249 g/mol. The number of anilines is 3. The average Bonchev–Trinajstić information content (AvgIpc) is 2.28. The van der Waals surface area contributed by atoms with Crippen molar-refractivity contribution < 1.29 is 0 Å². The molecule has 5 heteroatoms. The van der Waals surface area contributed by atoms with E-state index in [-0.39, 0.29) is 0 Å². The summed E-state index contributed by atoms with van der Waals surface area (Å²) < 4.78 is 0. The SMILES string of the molecule is CCNc1cc(N2CCC(C)(C)CC2)nc(N)n1. The summed E-state index contributed by atoms with van der Waals surface area (Å²) in [6.45, 7) is 9.60. The molecule has 2 heterocycles. The summed E-state index contributed by atoms with van der Waals surface area (Å²) >= 11 is 0. The number of piperidine rings is 1. The molecule has 1 fully saturated rings. The van der Waals surface area contributed by atoms with Gasteiger partial charge in [-0.15, -0.1) is 0 Å². The van der Waals surface area contributed by atoms with E-state index in [4.69, 9.17) is 5.73 Å². The molecule has 100 valence electrons. The van der Waals surface area contributed by atoms with Crippen LogP contribution in [0.1, 0.15) is 33.6 Å². The maximum atomic E-state index is 5.76. The summed E-state index contributed by atoms with van der Waals surface area (Å²) in [6.07, 6.45) is 2.38. The highest BCUT2D eigenvalue weighted by molar-refractivity contribution is 5.52. The second-order valence-corrected chi connectivity index (χ2v) is 5.65. The van der Waals surface area contributed by atoms with Crippen molar-refractivity contribution in [3.63, 3.8) is 0 Å². The second-order valence-electron chi connectivity index (χ2n) is 5.65. The normalized spacial score (nSPS) is 18.7. The number of nitrogens with one attached hydrogen (secondary N) is 1. The van der Waals surface area contributed by atoms with Crippen LogP contribution in [0.2, 0.25) is 0 Å². The van der Waals surface area contributed by atoms with Gasteiger partial charge in [0.15, 0.2) is 0 Å². The molecule has 0 amide bonds. The van der Waals surface area contributed by atoms with Gasteiger partial charge in [-0.3, -0.25) is 0 Å². The molecule has 1 saturated heterocycles. The van der Waals surface area contributed by atoms with Gasteiger partial charge in [-0.25, -0.2) is 0 Å². The zero-order valence-electron chi connectivity index (χ0n) is 11.5. The molecule has 1 aromatic heterocycles. The molecular formula is C13H23N5. The third-order valence-corrected chi connectivity index (χ3v) is 3.53. The Morgan fingerprint density at radius 1 is 1.33 bits per heavy atom. The van der Waals surface area contributed by atoms with Gasteiger partial charge in [-0.2, -0.15) is 9.97 Å². The fraction of sp³-hybridized carbons (Fsp3) is 0.692. The molecule has 0 atom stereocenters. The van der Waals surface area contributed by atoms with Crippen molar-refractivity contribution in [2.24, 2.45) is 5.41 Å². The fourth-order valence-corrected chi connectivity index (χ4v) is 2.23. The third kappa shape index (κ3) is 3.03. The smallest absolute Gasteiger partial charge is 0.223 e. The lowest BCUT2D eigenvalue weighted by Crippen LogP contribution is -2.37. The molecule has 5 nitrogen and oxygen atoms in total. The van der Waals surface area contributed by atoms with E-state index >= 15 is 0 Å². The van der Waals surface area contributed by atoms with Gasteiger partial charge in [-0.05, 0) is 25.2 Å². The topological polar surface area (TPSA) is 67.1 Å². The number of rotatable bonds is 3. The molecular weight excluding hydrogens is 226 g/mol. The molecule has 18 heavy (non-hydrogen) atoms. The molecule has 3 N–H and O–H groups in total. The number of hydrogen-bond donors (Lipinski definition) is 2. The van der Waals surface area contributed by atoms with Crippen LogP contribution in [0.25, 0.3) is 0 Å². The molecule has 0 unspecified atom stereocenters. The quantitative estimate of drug-likeness (QED) is 0.859. The van der Waals surface area contributed by atoms with Crippen LogP contribution in [0.5, 0.6) is 0 Å². The number of nitrogen functional groups attached to an aromatic ring is 1. The maximum absolute atomic E-state index is 5.76.